The van der Waals surface area contributed by atoms with E-state index >= 15 is 0 Å². The first-order valence-corrected chi connectivity index (χ1v) is 5.30. The predicted octanol–water partition coefficient (Wildman–Crippen LogP) is 1.12. The van der Waals surface area contributed by atoms with E-state index < -0.39 is 0 Å². The van der Waals surface area contributed by atoms with Crippen LogP contribution in [0.15, 0.2) is 28.9 Å². The second-order valence-corrected chi connectivity index (χ2v) is 4.12. The van der Waals surface area contributed by atoms with Crippen LogP contribution in [0.5, 0.6) is 0 Å². The van der Waals surface area contributed by atoms with Gasteiger partial charge in [0.1, 0.15) is 5.69 Å². The Kier molecular flexibility index (Phi) is 2.00. The van der Waals surface area contributed by atoms with E-state index in [2.05, 4.69) is 15.1 Å². The third-order valence-corrected chi connectivity index (χ3v) is 3.02. The molecule has 16 heavy (non-hydrogen) atoms. The Bertz CT molecular complexity index is 490. The Balaban J connectivity index is 1.94. The number of aromatic nitrogens is 3. The van der Waals surface area contributed by atoms with Crippen LogP contribution < -0.4 is 5.73 Å². The molecule has 0 spiro atoms. The summed E-state index contributed by atoms with van der Waals surface area (Å²) in [6.45, 7) is 0.566. The van der Waals surface area contributed by atoms with E-state index in [0.29, 0.717) is 18.3 Å². The molecule has 82 valence electrons. The molecule has 5 nitrogen and oxygen atoms in total. The maximum Gasteiger partial charge on any atom is 0.234 e. The van der Waals surface area contributed by atoms with Crippen LogP contribution in [0, 0.1) is 0 Å². The summed E-state index contributed by atoms with van der Waals surface area (Å²) in [7, 11) is 0. The summed E-state index contributed by atoms with van der Waals surface area (Å²) in [5.74, 6) is 1.19. The van der Waals surface area contributed by atoms with Crippen molar-refractivity contribution in [3.63, 3.8) is 0 Å². The van der Waals surface area contributed by atoms with Crippen LogP contribution in [0.1, 0.15) is 18.7 Å². The van der Waals surface area contributed by atoms with Crippen LogP contribution in [0.2, 0.25) is 0 Å². The Morgan fingerprint density at radius 2 is 2.25 bits per heavy atom. The molecule has 5 heteroatoms. The molecule has 2 aromatic rings. The number of rotatable bonds is 3. The highest BCUT2D eigenvalue weighted by atomic mass is 16.5. The van der Waals surface area contributed by atoms with Gasteiger partial charge in [0.2, 0.25) is 11.7 Å². The van der Waals surface area contributed by atoms with E-state index in [1.165, 1.54) is 0 Å². The van der Waals surface area contributed by atoms with Gasteiger partial charge in [-0.05, 0) is 25.0 Å². The molecule has 2 heterocycles. The van der Waals surface area contributed by atoms with Crippen LogP contribution in [0.25, 0.3) is 11.5 Å². The van der Waals surface area contributed by atoms with Crippen LogP contribution in [0.4, 0.5) is 0 Å². The summed E-state index contributed by atoms with van der Waals surface area (Å²) >= 11 is 0. The first kappa shape index (κ1) is 9.47. The van der Waals surface area contributed by atoms with Crippen molar-refractivity contribution < 1.29 is 4.52 Å². The summed E-state index contributed by atoms with van der Waals surface area (Å²) < 4.78 is 5.26. The minimum Gasteiger partial charge on any atom is -0.338 e. The fourth-order valence-electron chi connectivity index (χ4n) is 1.69. The van der Waals surface area contributed by atoms with E-state index in [4.69, 9.17) is 10.3 Å². The second kappa shape index (κ2) is 3.38. The Morgan fingerprint density at radius 1 is 1.38 bits per heavy atom. The molecule has 1 aliphatic carbocycles. The van der Waals surface area contributed by atoms with E-state index in [1.54, 1.807) is 6.20 Å². The van der Waals surface area contributed by atoms with Gasteiger partial charge in [0.05, 0.1) is 5.41 Å². The molecule has 0 amide bonds. The summed E-state index contributed by atoms with van der Waals surface area (Å²) in [5.41, 5.74) is 6.38. The van der Waals surface area contributed by atoms with Crippen molar-refractivity contribution in [3.05, 3.63) is 30.3 Å². The molecule has 0 saturated heterocycles. The average molecular weight is 216 g/mol. The molecule has 0 bridgehead atoms. The molecule has 0 radical (unpaired) electrons. The Morgan fingerprint density at radius 3 is 2.88 bits per heavy atom. The van der Waals surface area contributed by atoms with Gasteiger partial charge in [-0.3, -0.25) is 4.98 Å². The molecule has 1 saturated carbocycles. The molecule has 0 aromatic carbocycles. The molecular formula is C11H12N4O. The lowest BCUT2D eigenvalue weighted by Gasteiger charge is -2.03. The third-order valence-electron chi connectivity index (χ3n) is 3.02. The van der Waals surface area contributed by atoms with Crippen LogP contribution in [0.3, 0.4) is 0 Å². The molecule has 0 atom stereocenters. The van der Waals surface area contributed by atoms with Crippen molar-refractivity contribution in [2.75, 3.05) is 6.54 Å². The summed E-state index contributed by atoms with van der Waals surface area (Å²) in [5, 5.41) is 3.94. The lowest BCUT2D eigenvalue weighted by Crippen LogP contribution is -2.19. The van der Waals surface area contributed by atoms with Crippen LogP contribution >= 0.6 is 0 Å². The highest BCUT2D eigenvalue weighted by Crippen LogP contribution is 2.46. The van der Waals surface area contributed by atoms with Gasteiger partial charge in [-0.15, -0.1) is 0 Å². The van der Waals surface area contributed by atoms with Gasteiger partial charge in [-0.1, -0.05) is 11.2 Å². The van der Waals surface area contributed by atoms with Crippen molar-refractivity contribution in [2.45, 2.75) is 18.3 Å². The highest BCUT2D eigenvalue weighted by Gasteiger charge is 2.48. The van der Waals surface area contributed by atoms with Crippen LogP contribution in [-0.2, 0) is 5.41 Å². The smallest absolute Gasteiger partial charge is 0.234 e. The fourth-order valence-corrected chi connectivity index (χ4v) is 1.69. The molecule has 1 aliphatic rings. The summed E-state index contributed by atoms with van der Waals surface area (Å²) in [6, 6.07) is 5.61. The number of hydrogen-bond acceptors (Lipinski definition) is 5. The number of pyridine rings is 1. The number of nitrogens with two attached hydrogens (primary N) is 1. The van der Waals surface area contributed by atoms with Gasteiger partial charge >= 0.3 is 0 Å². The predicted molar refractivity (Wildman–Crippen MR) is 57.5 cm³/mol. The van der Waals surface area contributed by atoms with E-state index in [0.717, 1.165) is 18.5 Å². The first-order valence-electron chi connectivity index (χ1n) is 5.30. The Labute approximate surface area is 92.7 Å². The van der Waals surface area contributed by atoms with Gasteiger partial charge < -0.3 is 10.3 Å². The molecule has 2 aromatic heterocycles. The summed E-state index contributed by atoms with van der Waals surface area (Å²) in [4.78, 5) is 8.54. The van der Waals surface area contributed by atoms with Crippen molar-refractivity contribution in [3.8, 4) is 11.5 Å². The second-order valence-electron chi connectivity index (χ2n) is 4.12. The number of nitrogens with zero attached hydrogens (tertiary/aromatic N) is 3. The van der Waals surface area contributed by atoms with Gasteiger partial charge in [-0.25, -0.2) is 0 Å². The SMILES string of the molecule is NCC1(c2nc(-c3ccccn3)no2)CC1. The molecule has 2 N–H and O–H groups in total. The lowest BCUT2D eigenvalue weighted by molar-refractivity contribution is 0.347. The highest BCUT2D eigenvalue weighted by molar-refractivity contribution is 5.47. The van der Waals surface area contributed by atoms with Gasteiger partial charge in [0.25, 0.3) is 0 Å². The molecule has 0 unspecified atom stereocenters. The lowest BCUT2D eigenvalue weighted by atomic mass is 10.1. The standard InChI is InChI=1S/C11H12N4O/c12-7-11(4-5-11)10-14-9(15-16-10)8-3-1-2-6-13-8/h1-3,6H,4-5,7,12H2. The zero-order valence-electron chi connectivity index (χ0n) is 8.76. The normalized spacial score (nSPS) is 17.3. The van der Waals surface area contributed by atoms with E-state index in [1.807, 2.05) is 18.2 Å². The van der Waals surface area contributed by atoms with Crippen molar-refractivity contribution in [1.29, 1.82) is 0 Å². The molecule has 1 fully saturated rings. The zero-order chi connectivity index (χ0) is 11.0. The third kappa shape index (κ3) is 1.40. The topological polar surface area (TPSA) is 77.8 Å². The average Bonchev–Trinajstić information content (AvgIpc) is 3.00. The fraction of sp³-hybridized carbons (Fsp3) is 0.364. The van der Waals surface area contributed by atoms with Crippen molar-refractivity contribution in [2.24, 2.45) is 5.73 Å². The minimum absolute atomic E-state index is 0.0555. The molecule has 3 rings (SSSR count). The van der Waals surface area contributed by atoms with Gasteiger partial charge in [0.15, 0.2) is 0 Å². The number of hydrogen-bond donors (Lipinski definition) is 1. The first-order chi connectivity index (χ1) is 7.84. The van der Waals surface area contributed by atoms with Gasteiger partial charge in [0, 0.05) is 12.7 Å². The zero-order valence-corrected chi connectivity index (χ0v) is 8.76. The van der Waals surface area contributed by atoms with Crippen molar-refractivity contribution in [1.82, 2.24) is 15.1 Å². The van der Waals surface area contributed by atoms with Crippen molar-refractivity contribution >= 4 is 0 Å². The largest absolute Gasteiger partial charge is 0.338 e. The maximum atomic E-state index is 5.71. The monoisotopic (exact) mass is 216 g/mol. The maximum absolute atomic E-state index is 5.71. The minimum atomic E-state index is -0.0555. The van der Waals surface area contributed by atoms with Crippen LogP contribution in [-0.4, -0.2) is 21.7 Å². The van der Waals surface area contributed by atoms with E-state index in [9.17, 15) is 0 Å². The van der Waals surface area contributed by atoms with Gasteiger partial charge in [-0.2, -0.15) is 4.98 Å². The van der Waals surface area contributed by atoms with E-state index in [-0.39, 0.29) is 5.41 Å². The Hall–Kier alpha value is -1.75. The quantitative estimate of drug-likeness (QED) is 0.831. The molecule has 0 aliphatic heterocycles. The molecular weight excluding hydrogens is 204 g/mol. The summed E-state index contributed by atoms with van der Waals surface area (Å²) in [6.07, 6.45) is 3.78.